The van der Waals surface area contributed by atoms with Crippen LogP contribution in [-0.2, 0) is 14.4 Å². The van der Waals surface area contributed by atoms with E-state index in [9.17, 15) is 19.5 Å². The second-order valence-corrected chi connectivity index (χ2v) is 8.30. The molecule has 9 heteroatoms. The highest BCUT2D eigenvalue weighted by atomic mass is 16.5. The summed E-state index contributed by atoms with van der Waals surface area (Å²) in [6, 6.07) is 10.9. The Bertz CT molecular complexity index is 1120. The Morgan fingerprint density at radius 3 is 2.38 bits per heavy atom. The van der Waals surface area contributed by atoms with Crippen molar-refractivity contribution in [3.8, 4) is 11.5 Å². The Hall–Kier alpha value is -3.85. The number of nitrogens with zero attached hydrogens (tertiary/aromatic N) is 2. The van der Waals surface area contributed by atoms with Gasteiger partial charge in [0.2, 0.25) is 0 Å². The molecule has 0 bridgehead atoms. The van der Waals surface area contributed by atoms with Crippen LogP contribution in [0.5, 0.6) is 11.5 Å². The summed E-state index contributed by atoms with van der Waals surface area (Å²) < 4.78 is 10.6. The van der Waals surface area contributed by atoms with Crippen molar-refractivity contribution in [3.63, 3.8) is 0 Å². The number of ketones is 1. The largest absolute Gasteiger partial charge is 0.507 e. The molecular weight excluding hydrogens is 438 g/mol. The number of hydrogen-bond donors (Lipinski definition) is 2. The minimum Gasteiger partial charge on any atom is -0.507 e. The molecule has 1 atom stereocenters. The molecule has 1 saturated heterocycles. The average Bonchev–Trinajstić information content (AvgIpc) is 3.06. The number of methoxy groups -OCH3 is 1. The third-order valence-electron chi connectivity index (χ3n) is 5.57. The number of carbonyl (C=O) groups is 3. The molecule has 2 amide bonds. The lowest BCUT2D eigenvalue weighted by molar-refractivity contribution is -0.140. The van der Waals surface area contributed by atoms with E-state index in [1.165, 1.54) is 4.90 Å². The van der Waals surface area contributed by atoms with E-state index in [0.717, 1.165) is 5.56 Å². The maximum absolute atomic E-state index is 13.1. The van der Waals surface area contributed by atoms with Gasteiger partial charge < -0.3 is 30.1 Å². The van der Waals surface area contributed by atoms with Gasteiger partial charge in [0.05, 0.1) is 18.7 Å². The Kier molecular flexibility index (Phi) is 7.57. The zero-order valence-corrected chi connectivity index (χ0v) is 19.7. The van der Waals surface area contributed by atoms with Crippen LogP contribution in [0.15, 0.2) is 48.0 Å². The quantitative estimate of drug-likeness (QED) is 0.328. The van der Waals surface area contributed by atoms with Gasteiger partial charge in [0, 0.05) is 18.7 Å². The number of aliphatic hydroxyl groups is 1. The molecular formula is C25H29N3O6. The summed E-state index contributed by atoms with van der Waals surface area (Å²) in [7, 11) is 5.29. The number of carbonyl (C=O) groups excluding carboxylic acids is 3. The van der Waals surface area contributed by atoms with E-state index < -0.39 is 23.6 Å². The fraction of sp³-hybridized carbons (Fsp3) is 0.320. The standard InChI is InChI=1S/C25H29N3O6/c1-15-13-17(7-10-19(15)33-4)23(30)21-22(28(12-11-27(2)3)25(32)24(21)31)16-5-8-18(9-6-16)34-14-20(26)29/h5-10,13,22,30H,11-12,14H2,1-4H3,(H2,26,29). The highest BCUT2D eigenvalue weighted by Gasteiger charge is 2.45. The van der Waals surface area contributed by atoms with E-state index in [-0.39, 0.29) is 17.9 Å². The third-order valence-corrected chi connectivity index (χ3v) is 5.57. The fourth-order valence-electron chi connectivity index (χ4n) is 3.85. The number of aryl methyl sites for hydroxylation is 1. The van der Waals surface area contributed by atoms with Crippen molar-refractivity contribution in [2.24, 2.45) is 5.73 Å². The highest BCUT2D eigenvalue weighted by Crippen LogP contribution is 2.40. The van der Waals surface area contributed by atoms with Crippen molar-refractivity contribution in [3.05, 3.63) is 64.7 Å². The number of hydrogen-bond acceptors (Lipinski definition) is 7. The molecule has 3 N–H and O–H groups in total. The molecule has 34 heavy (non-hydrogen) atoms. The second kappa shape index (κ2) is 10.4. The molecule has 1 fully saturated rings. The molecule has 0 spiro atoms. The van der Waals surface area contributed by atoms with Crippen LogP contribution in [0.25, 0.3) is 5.76 Å². The molecule has 1 aliphatic rings. The molecule has 180 valence electrons. The van der Waals surface area contributed by atoms with Gasteiger partial charge >= 0.3 is 0 Å². The lowest BCUT2D eigenvalue weighted by Crippen LogP contribution is -2.35. The minimum atomic E-state index is -0.785. The maximum atomic E-state index is 13.1. The third kappa shape index (κ3) is 5.20. The fourth-order valence-corrected chi connectivity index (χ4v) is 3.85. The van der Waals surface area contributed by atoms with Crippen LogP contribution >= 0.6 is 0 Å². The molecule has 3 rings (SSSR count). The van der Waals surface area contributed by atoms with E-state index >= 15 is 0 Å². The van der Waals surface area contributed by atoms with Gasteiger partial charge in [-0.2, -0.15) is 0 Å². The first kappa shape index (κ1) is 24.8. The smallest absolute Gasteiger partial charge is 0.295 e. The molecule has 0 saturated carbocycles. The number of likely N-dealkylation sites (N-methyl/N-ethyl adjacent to an activating group) is 1. The van der Waals surface area contributed by atoms with Gasteiger partial charge in [0.1, 0.15) is 17.3 Å². The zero-order chi connectivity index (χ0) is 25.0. The van der Waals surface area contributed by atoms with Crippen LogP contribution in [-0.4, -0.2) is 73.4 Å². The van der Waals surface area contributed by atoms with Gasteiger partial charge in [-0.25, -0.2) is 0 Å². The Morgan fingerprint density at radius 1 is 1.15 bits per heavy atom. The second-order valence-electron chi connectivity index (χ2n) is 8.30. The predicted molar refractivity (Wildman–Crippen MR) is 126 cm³/mol. The number of ether oxygens (including phenoxy) is 2. The van der Waals surface area contributed by atoms with E-state index in [2.05, 4.69) is 0 Å². The first-order chi connectivity index (χ1) is 16.1. The monoisotopic (exact) mass is 467 g/mol. The topological polar surface area (TPSA) is 122 Å². The SMILES string of the molecule is COc1ccc(C(O)=C2C(=O)C(=O)N(CCN(C)C)C2c2ccc(OCC(N)=O)cc2)cc1C. The summed E-state index contributed by atoms with van der Waals surface area (Å²) in [6.45, 7) is 2.39. The maximum Gasteiger partial charge on any atom is 0.295 e. The molecule has 1 heterocycles. The van der Waals surface area contributed by atoms with Crippen LogP contribution in [0, 0.1) is 6.92 Å². The summed E-state index contributed by atoms with van der Waals surface area (Å²) in [5, 5.41) is 11.2. The van der Waals surface area contributed by atoms with Gasteiger partial charge in [-0.1, -0.05) is 12.1 Å². The van der Waals surface area contributed by atoms with Gasteiger partial charge in [-0.3, -0.25) is 14.4 Å². The number of aliphatic hydroxyl groups excluding tert-OH is 1. The summed E-state index contributed by atoms with van der Waals surface area (Å²) in [5.74, 6) is -1.22. The molecule has 0 radical (unpaired) electrons. The van der Waals surface area contributed by atoms with Crippen molar-refractivity contribution in [1.82, 2.24) is 9.80 Å². The van der Waals surface area contributed by atoms with Crippen LogP contribution in [0.3, 0.4) is 0 Å². The molecule has 0 aromatic heterocycles. The molecule has 1 unspecified atom stereocenters. The zero-order valence-electron chi connectivity index (χ0n) is 19.7. The first-order valence-corrected chi connectivity index (χ1v) is 10.7. The van der Waals surface area contributed by atoms with Gasteiger partial charge in [-0.15, -0.1) is 0 Å². The van der Waals surface area contributed by atoms with E-state index in [0.29, 0.717) is 35.7 Å². The molecule has 0 aliphatic carbocycles. The van der Waals surface area contributed by atoms with E-state index in [4.69, 9.17) is 15.2 Å². The summed E-state index contributed by atoms with van der Waals surface area (Å²) in [5.41, 5.74) is 6.95. The Balaban J connectivity index is 2.08. The summed E-state index contributed by atoms with van der Waals surface area (Å²) in [6.07, 6.45) is 0. The van der Waals surface area contributed by atoms with Crippen LogP contribution in [0.4, 0.5) is 0 Å². The molecule has 1 aliphatic heterocycles. The van der Waals surface area contributed by atoms with Gasteiger partial charge in [0.25, 0.3) is 17.6 Å². The van der Waals surface area contributed by atoms with Crippen molar-refractivity contribution >= 4 is 23.4 Å². The lowest BCUT2D eigenvalue weighted by atomic mass is 9.94. The lowest BCUT2D eigenvalue weighted by Gasteiger charge is -2.26. The number of likely N-dealkylation sites (tertiary alicyclic amines) is 1. The number of benzene rings is 2. The average molecular weight is 468 g/mol. The summed E-state index contributed by atoms with van der Waals surface area (Å²) >= 11 is 0. The van der Waals surface area contributed by atoms with Gasteiger partial charge in [0.15, 0.2) is 6.61 Å². The first-order valence-electron chi connectivity index (χ1n) is 10.7. The molecule has 9 nitrogen and oxygen atoms in total. The summed E-state index contributed by atoms with van der Waals surface area (Å²) in [4.78, 5) is 40.4. The molecule has 2 aromatic carbocycles. The van der Waals surface area contributed by atoms with E-state index in [1.54, 1.807) is 49.6 Å². The van der Waals surface area contributed by atoms with Crippen molar-refractivity contribution in [2.45, 2.75) is 13.0 Å². The van der Waals surface area contributed by atoms with Crippen LogP contribution < -0.4 is 15.2 Å². The van der Waals surface area contributed by atoms with Crippen molar-refractivity contribution in [2.75, 3.05) is 40.9 Å². The van der Waals surface area contributed by atoms with Crippen LogP contribution in [0.2, 0.25) is 0 Å². The van der Waals surface area contributed by atoms with Crippen molar-refractivity contribution < 1.29 is 29.0 Å². The number of rotatable bonds is 9. The number of primary amides is 1. The number of Topliss-reactive ketones (excluding diaryl/α,β-unsaturated/α-hetero) is 1. The highest BCUT2D eigenvalue weighted by molar-refractivity contribution is 6.46. The van der Waals surface area contributed by atoms with E-state index in [1.807, 2.05) is 25.9 Å². The predicted octanol–water partition coefficient (Wildman–Crippen LogP) is 1.85. The Labute approximate surface area is 198 Å². The van der Waals surface area contributed by atoms with Crippen LogP contribution in [0.1, 0.15) is 22.7 Å². The Morgan fingerprint density at radius 2 is 1.82 bits per heavy atom. The van der Waals surface area contributed by atoms with Crippen molar-refractivity contribution in [1.29, 1.82) is 0 Å². The minimum absolute atomic E-state index is 0.0131. The van der Waals surface area contributed by atoms with Gasteiger partial charge in [-0.05, 0) is 62.5 Å². The number of nitrogens with two attached hydrogens (primary N) is 1. The normalized spacial score (nSPS) is 17.3. The molecule has 2 aromatic rings. The number of amides is 2.